The third-order valence-electron chi connectivity index (χ3n) is 4.75. The molecule has 1 aromatic carbocycles. The molecule has 8 nitrogen and oxygen atoms in total. The lowest BCUT2D eigenvalue weighted by molar-refractivity contribution is 0.206. The van der Waals surface area contributed by atoms with E-state index in [1.54, 1.807) is 21.3 Å². The van der Waals surface area contributed by atoms with Gasteiger partial charge in [0.1, 0.15) is 0 Å². The highest BCUT2D eigenvalue weighted by Crippen LogP contribution is 2.30. The highest BCUT2D eigenvalue weighted by molar-refractivity contribution is 5.88. The lowest BCUT2D eigenvalue weighted by atomic mass is 10.0. The molecule has 1 N–H and O–H groups in total. The minimum atomic E-state index is -0.222. The van der Waals surface area contributed by atoms with Gasteiger partial charge in [-0.1, -0.05) is 6.07 Å². The SMILES string of the molecule is COc1ccc(C[C@H]2CCCN2C(=O)Nc2ccc(=O)n(C)n2)cc1OC. The third-order valence-corrected chi connectivity index (χ3v) is 4.75. The summed E-state index contributed by atoms with van der Waals surface area (Å²) >= 11 is 0. The number of ether oxygens (including phenoxy) is 2. The van der Waals surface area contributed by atoms with Crippen molar-refractivity contribution >= 4 is 11.8 Å². The van der Waals surface area contributed by atoms with Crippen LogP contribution in [-0.4, -0.2) is 47.5 Å². The van der Waals surface area contributed by atoms with Crippen molar-refractivity contribution in [3.05, 3.63) is 46.2 Å². The molecule has 27 heavy (non-hydrogen) atoms. The van der Waals surface area contributed by atoms with Crippen molar-refractivity contribution in [2.75, 3.05) is 26.1 Å². The van der Waals surface area contributed by atoms with Gasteiger partial charge in [0.2, 0.25) is 0 Å². The van der Waals surface area contributed by atoms with E-state index >= 15 is 0 Å². The maximum atomic E-state index is 12.7. The summed E-state index contributed by atoms with van der Waals surface area (Å²) in [6, 6.07) is 8.60. The topological polar surface area (TPSA) is 85.7 Å². The standard InChI is InChI=1S/C19H24N4O4/c1-22-18(24)9-8-17(21-22)20-19(25)23-10-4-5-14(23)11-13-6-7-15(26-2)16(12-13)27-3/h6-9,12,14H,4-5,10-11H2,1-3H3,(H,20,21,25)/t14-/m1/s1. The number of amides is 2. The Morgan fingerprint density at radius 2 is 2.00 bits per heavy atom. The molecule has 0 spiro atoms. The smallest absolute Gasteiger partial charge is 0.323 e. The molecule has 0 bridgehead atoms. The van der Waals surface area contributed by atoms with Gasteiger partial charge in [0.15, 0.2) is 17.3 Å². The first kappa shape index (κ1) is 18.8. The van der Waals surface area contributed by atoms with Crippen LogP contribution in [-0.2, 0) is 13.5 Å². The van der Waals surface area contributed by atoms with Crippen LogP contribution < -0.4 is 20.3 Å². The molecule has 1 atom stereocenters. The molecule has 2 amide bonds. The van der Waals surface area contributed by atoms with Crippen molar-refractivity contribution in [2.24, 2.45) is 7.05 Å². The zero-order valence-electron chi connectivity index (χ0n) is 15.8. The number of aromatic nitrogens is 2. The predicted molar refractivity (Wildman–Crippen MR) is 101 cm³/mol. The fourth-order valence-corrected chi connectivity index (χ4v) is 3.35. The number of urea groups is 1. The lowest BCUT2D eigenvalue weighted by Gasteiger charge is -2.25. The number of anilines is 1. The Balaban J connectivity index is 1.70. The number of nitrogens with one attached hydrogen (secondary N) is 1. The predicted octanol–water partition coefficient (Wildman–Crippen LogP) is 2.04. The molecular weight excluding hydrogens is 348 g/mol. The summed E-state index contributed by atoms with van der Waals surface area (Å²) in [4.78, 5) is 25.9. The molecule has 3 rings (SSSR count). The first-order valence-electron chi connectivity index (χ1n) is 8.84. The molecule has 1 fully saturated rings. The van der Waals surface area contributed by atoms with Gasteiger partial charge in [0, 0.05) is 25.7 Å². The second kappa shape index (κ2) is 8.11. The molecule has 1 aliphatic rings. The van der Waals surface area contributed by atoms with Crippen LogP contribution in [0.15, 0.2) is 35.1 Å². The molecule has 1 saturated heterocycles. The van der Waals surface area contributed by atoms with Crippen LogP contribution in [0.1, 0.15) is 18.4 Å². The minimum Gasteiger partial charge on any atom is -0.493 e. The first-order chi connectivity index (χ1) is 13.0. The van der Waals surface area contributed by atoms with Crippen LogP contribution in [0.4, 0.5) is 10.6 Å². The normalized spacial score (nSPS) is 16.3. The average molecular weight is 372 g/mol. The summed E-state index contributed by atoms with van der Waals surface area (Å²) in [7, 11) is 4.76. The van der Waals surface area contributed by atoms with Crippen molar-refractivity contribution in [1.29, 1.82) is 0 Å². The van der Waals surface area contributed by atoms with E-state index in [-0.39, 0.29) is 17.6 Å². The molecule has 0 radical (unpaired) electrons. The van der Waals surface area contributed by atoms with E-state index in [1.165, 1.54) is 16.8 Å². The molecule has 1 aromatic heterocycles. The number of hydrogen-bond donors (Lipinski definition) is 1. The summed E-state index contributed by atoms with van der Waals surface area (Å²) in [5.74, 6) is 1.72. The third kappa shape index (κ3) is 4.21. The molecule has 8 heteroatoms. The van der Waals surface area contributed by atoms with E-state index < -0.39 is 0 Å². The Hall–Kier alpha value is -3.03. The molecule has 2 heterocycles. The fraction of sp³-hybridized carbons (Fsp3) is 0.421. The number of methoxy groups -OCH3 is 2. The maximum Gasteiger partial charge on any atom is 0.323 e. The monoisotopic (exact) mass is 372 g/mol. The van der Waals surface area contributed by atoms with Gasteiger partial charge >= 0.3 is 6.03 Å². The minimum absolute atomic E-state index is 0.0932. The van der Waals surface area contributed by atoms with E-state index in [9.17, 15) is 9.59 Å². The molecule has 0 unspecified atom stereocenters. The quantitative estimate of drug-likeness (QED) is 0.868. The lowest BCUT2D eigenvalue weighted by Crippen LogP contribution is -2.40. The number of nitrogens with zero attached hydrogens (tertiary/aromatic N) is 3. The largest absolute Gasteiger partial charge is 0.493 e. The second-order valence-corrected chi connectivity index (χ2v) is 6.49. The molecular formula is C19H24N4O4. The fourth-order valence-electron chi connectivity index (χ4n) is 3.35. The number of rotatable bonds is 5. The van der Waals surface area contributed by atoms with E-state index in [0.29, 0.717) is 23.9 Å². The van der Waals surface area contributed by atoms with Crippen molar-refractivity contribution in [3.8, 4) is 11.5 Å². The Kier molecular flexibility index (Phi) is 5.63. The van der Waals surface area contributed by atoms with Crippen molar-refractivity contribution in [2.45, 2.75) is 25.3 Å². The molecule has 0 saturated carbocycles. The Morgan fingerprint density at radius 3 is 2.70 bits per heavy atom. The number of aryl methyl sites for hydroxylation is 1. The summed E-state index contributed by atoms with van der Waals surface area (Å²) < 4.78 is 11.8. The Labute approximate surface area is 157 Å². The summed E-state index contributed by atoms with van der Waals surface area (Å²) in [6.07, 6.45) is 2.61. The molecule has 0 aliphatic carbocycles. The zero-order valence-corrected chi connectivity index (χ0v) is 15.8. The highest BCUT2D eigenvalue weighted by Gasteiger charge is 2.29. The molecule has 144 valence electrons. The number of hydrogen-bond acceptors (Lipinski definition) is 5. The second-order valence-electron chi connectivity index (χ2n) is 6.49. The van der Waals surface area contributed by atoms with Gasteiger partial charge < -0.3 is 14.4 Å². The number of carbonyl (C=O) groups excluding carboxylic acids is 1. The average Bonchev–Trinajstić information content (AvgIpc) is 3.13. The molecule has 1 aliphatic heterocycles. The van der Waals surface area contributed by atoms with Gasteiger partial charge in [-0.15, -0.1) is 0 Å². The van der Waals surface area contributed by atoms with Crippen molar-refractivity contribution < 1.29 is 14.3 Å². The highest BCUT2D eigenvalue weighted by atomic mass is 16.5. The van der Waals surface area contributed by atoms with Crippen LogP contribution in [0.25, 0.3) is 0 Å². The van der Waals surface area contributed by atoms with Crippen LogP contribution in [0.5, 0.6) is 11.5 Å². The first-order valence-corrected chi connectivity index (χ1v) is 8.84. The van der Waals surface area contributed by atoms with Crippen LogP contribution >= 0.6 is 0 Å². The number of likely N-dealkylation sites (tertiary alicyclic amines) is 1. The van der Waals surface area contributed by atoms with Crippen LogP contribution in [0.3, 0.4) is 0 Å². The summed E-state index contributed by atoms with van der Waals surface area (Å²) in [5, 5.41) is 6.83. The van der Waals surface area contributed by atoms with Crippen molar-refractivity contribution in [3.63, 3.8) is 0 Å². The van der Waals surface area contributed by atoms with Crippen LogP contribution in [0, 0.1) is 0 Å². The van der Waals surface area contributed by atoms with E-state index in [1.807, 2.05) is 23.1 Å². The van der Waals surface area contributed by atoms with Crippen molar-refractivity contribution in [1.82, 2.24) is 14.7 Å². The summed E-state index contributed by atoms with van der Waals surface area (Å²) in [6.45, 7) is 0.690. The summed E-state index contributed by atoms with van der Waals surface area (Å²) in [5.41, 5.74) is 0.859. The number of carbonyl (C=O) groups is 1. The Bertz CT molecular complexity index is 880. The number of benzene rings is 1. The zero-order chi connectivity index (χ0) is 19.4. The van der Waals surface area contributed by atoms with E-state index in [4.69, 9.17) is 9.47 Å². The maximum absolute atomic E-state index is 12.7. The molecule has 2 aromatic rings. The van der Waals surface area contributed by atoms with Gasteiger partial charge in [0.25, 0.3) is 5.56 Å². The van der Waals surface area contributed by atoms with Crippen LogP contribution in [0.2, 0.25) is 0 Å². The van der Waals surface area contributed by atoms with Gasteiger partial charge in [-0.3, -0.25) is 10.1 Å². The van der Waals surface area contributed by atoms with Gasteiger partial charge in [0.05, 0.1) is 14.2 Å². The van der Waals surface area contributed by atoms with E-state index in [0.717, 1.165) is 24.8 Å². The van der Waals surface area contributed by atoms with E-state index in [2.05, 4.69) is 10.4 Å². The van der Waals surface area contributed by atoms with Gasteiger partial charge in [-0.05, 0) is 43.0 Å². The van der Waals surface area contributed by atoms with Gasteiger partial charge in [-0.25, -0.2) is 9.48 Å². The Morgan fingerprint density at radius 1 is 1.22 bits per heavy atom. The van der Waals surface area contributed by atoms with Gasteiger partial charge in [-0.2, -0.15) is 5.10 Å².